The van der Waals surface area contributed by atoms with Gasteiger partial charge in [-0.2, -0.15) is 0 Å². The third kappa shape index (κ3) is 5.06. The Morgan fingerprint density at radius 1 is 1.37 bits per heavy atom. The van der Waals surface area contributed by atoms with Gasteiger partial charge in [0, 0.05) is 33.9 Å². The zero-order valence-electron chi connectivity index (χ0n) is 12.2. The lowest BCUT2D eigenvalue weighted by Crippen LogP contribution is -2.43. The van der Waals surface area contributed by atoms with Gasteiger partial charge in [-0.1, -0.05) is 6.92 Å². The smallest absolute Gasteiger partial charge is 0.234 e. The molecule has 0 aliphatic carbocycles. The van der Waals surface area contributed by atoms with E-state index in [1.165, 1.54) is 0 Å². The molecule has 1 aliphatic rings. The average Bonchev–Trinajstić information content (AvgIpc) is 2.80. The van der Waals surface area contributed by atoms with E-state index in [9.17, 15) is 4.79 Å². The number of hydrogen-bond donors (Lipinski definition) is 2. The molecular formula is C13H27N3O3. The number of likely N-dealkylation sites (tertiary alicyclic amines) is 1. The molecule has 1 heterocycles. The van der Waals surface area contributed by atoms with Gasteiger partial charge in [-0.3, -0.25) is 9.69 Å². The minimum Gasteiger partial charge on any atom is -0.377 e. The summed E-state index contributed by atoms with van der Waals surface area (Å²) in [5.41, 5.74) is 5.40. The predicted octanol–water partition coefficient (Wildman–Crippen LogP) is -0.424. The lowest BCUT2D eigenvalue weighted by atomic mass is 10.2. The highest BCUT2D eigenvalue weighted by molar-refractivity contribution is 5.79. The summed E-state index contributed by atoms with van der Waals surface area (Å²) in [7, 11) is 3.41. The highest BCUT2D eigenvalue weighted by atomic mass is 16.5. The normalized spacial score (nSPS) is 25.6. The summed E-state index contributed by atoms with van der Waals surface area (Å²) in [4.78, 5) is 13.6. The number of nitrogens with two attached hydrogens (primary N) is 1. The molecule has 0 aromatic carbocycles. The molecule has 0 spiro atoms. The number of hydrogen-bond acceptors (Lipinski definition) is 5. The van der Waals surface area contributed by atoms with E-state index in [0.29, 0.717) is 0 Å². The van der Waals surface area contributed by atoms with Gasteiger partial charge in [-0.15, -0.1) is 0 Å². The Morgan fingerprint density at radius 3 is 2.37 bits per heavy atom. The highest BCUT2D eigenvalue weighted by Gasteiger charge is 2.33. The molecule has 1 saturated heterocycles. The molecule has 0 aromatic heterocycles. The predicted molar refractivity (Wildman–Crippen MR) is 73.9 cm³/mol. The standard InChI is InChI=1S/C13H27N3O3/c1-4-6-15-10(13(14)17)5-7-16-8-11(18-2)12(9-16)19-3/h10-12,15H,4-9H2,1-3H3,(H2,14,17). The van der Waals surface area contributed by atoms with Crippen LogP contribution in [-0.2, 0) is 14.3 Å². The summed E-state index contributed by atoms with van der Waals surface area (Å²) in [6, 6.07) is -0.248. The van der Waals surface area contributed by atoms with Crippen molar-refractivity contribution in [3.63, 3.8) is 0 Å². The first-order valence-electron chi connectivity index (χ1n) is 6.93. The number of nitrogens with one attached hydrogen (secondary N) is 1. The zero-order valence-corrected chi connectivity index (χ0v) is 12.2. The van der Waals surface area contributed by atoms with E-state index >= 15 is 0 Å². The minimum atomic E-state index is -0.278. The zero-order chi connectivity index (χ0) is 14.3. The van der Waals surface area contributed by atoms with Gasteiger partial charge in [-0.25, -0.2) is 0 Å². The van der Waals surface area contributed by atoms with Crippen LogP contribution in [0.5, 0.6) is 0 Å². The van der Waals surface area contributed by atoms with Crippen LogP contribution in [0.1, 0.15) is 19.8 Å². The van der Waals surface area contributed by atoms with Gasteiger partial charge in [-0.05, 0) is 19.4 Å². The van der Waals surface area contributed by atoms with Crippen LogP contribution in [0.4, 0.5) is 0 Å². The van der Waals surface area contributed by atoms with E-state index in [1.807, 2.05) is 0 Å². The third-order valence-electron chi connectivity index (χ3n) is 3.61. The first-order valence-corrected chi connectivity index (χ1v) is 6.93. The van der Waals surface area contributed by atoms with Gasteiger partial charge in [0.2, 0.25) is 5.91 Å². The molecule has 1 aliphatic heterocycles. The van der Waals surface area contributed by atoms with Crippen LogP contribution in [0.25, 0.3) is 0 Å². The number of carbonyl (C=O) groups excluding carboxylic acids is 1. The fourth-order valence-corrected chi connectivity index (χ4v) is 2.43. The fourth-order valence-electron chi connectivity index (χ4n) is 2.43. The maximum atomic E-state index is 11.3. The molecule has 1 fully saturated rings. The van der Waals surface area contributed by atoms with Crippen molar-refractivity contribution in [2.45, 2.75) is 38.0 Å². The second-order valence-corrected chi connectivity index (χ2v) is 5.01. The number of methoxy groups -OCH3 is 2. The quantitative estimate of drug-likeness (QED) is 0.596. The van der Waals surface area contributed by atoms with Crippen LogP contribution in [0.15, 0.2) is 0 Å². The maximum absolute atomic E-state index is 11.3. The molecule has 19 heavy (non-hydrogen) atoms. The van der Waals surface area contributed by atoms with Crippen LogP contribution in [0, 0.1) is 0 Å². The van der Waals surface area contributed by atoms with Crippen LogP contribution >= 0.6 is 0 Å². The van der Waals surface area contributed by atoms with Gasteiger partial charge in [0.1, 0.15) is 0 Å². The van der Waals surface area contributed by atoms with E-state index in [-0.39, 0.29) is 24.2 Å². The first kappa shape index (κ1) is 16.4. The summed E-state index contributed by atoms with van der Waals surface area (Å²) < 4.78 is 10.8. The SMILES string of the molecule is CCCNC(CCN1CC(OC)C(OC)C1)C(N)=O. The first-order chi connectivity index (χ1) is 9.12. The molecule has 0 saturated carbocycles. The van der Waals surface area contributed by atoms with E-state index in [0.717, 1.165) is 39.0 Å². The van der Waals surface area contributed by atoms with Crippen molar-refractivity contribution >= 4 is 5.91 Å². The number of nitrogens with zero attached hydrogens (tertiary/aromatic N) is 1. The number of carbonyl (C=O) groups is 1. The molecule has 112 valence electrons. The molecular weight excluding hydrogens is 246 g/mol. The number of amides is 1. The Balaban J connectivity index is 2.36. The molecule has 0 radical (unpaired) electrons. The molecule has 6 nitrogen and oxygen atoms in total. The summed E-state index contributed by atoms with van der Waals surface area (Å²) in [6.07, 6.45) is 1.94. The van der Waals surface area contributed by atoms with Crippen molar-refractivity contribution in [3.8, 4) is 0 Å². The maximum Gasteiger partial charge on any atom is 0.234 e. The third-order valence-corrected chi connectivity index (χ3v) is 3.61. The molecule has 1 rings (SSSR count). The van der Waals surface area contributed by atoms with Gasteiger partial charge < -0.3 is 20.5 Å². The molecule has 0 bridgehead atoms. The number of primary amides is 1. The Labute approximate surface area is 115 Å². The molecule has 3 unspecified atom stereocenters. The Morgan fingerprint density at radius 2 is 1.95 bits per heavy atom. The number of ether oxygens (including phenoxy) is 2. The molecule has 3 N–H and O–H groups in total. The fraction of sp³-hybridized carbons (Fsp3) is 0.923. The minimum absolute atomic E-state index is 0.112. The lowest BCUT2D eigenvalue weighted by Gasteiger charge is -2.20. The largest absolute Gasteiger partial charge is 0.377 e. The topological polar surface area (TPSA) is 76.8 Å². The van der Waals surface area contributed by atoms with Gasteiger partial charge in [0.15, 0.2) is 0 Å². The van der Waals surface area contributed by atoms with Crippen molar-refractivity contribution in [1.29, 1.82) is 0 Å². The van der Waals surface area contributed by atoms with Gasteiger partial charge in [0.25, 0.3) is 0 Å². The molecule has 3 atom stereocenters. The van der Waals surface area contributed by atoms with Crippen molar-refractivity contribution in [2.75, 3.05) is 40.4 Å². The van der Waals surface area contributed by atoms with Crippen LogP contribution in [0.2, 0.25) is 0 Å². The monoisotopic (exact) mass is 273 g/mol. The van der Waals surface area contributed by atoms with Gasteiger partial charge >= 0.3 is 0 Å². The summed E-state index contributed by atoms with van der Waals surface area (Å²) in [6.45, 7) is 5.39. The Bertz CT molecular complexity index is 264. The van der Waals surface area contributed by atoms with Crippen molar-refractivity contribution in [2.24, 2.45) is 5.73 Å². The van der Waals surface area contributed by atoms with E-state index < -0.39 is 0 Å². The van der Waals surface area contributed by atoms with E-state index in [2.05, 4.69) is 17.1 Å². The molecule has 1 amide bonds. The summed E-state index contributed by atoms with van der Waals surface area (Å²) in [5, 5.41) is 3.18. The van der Waals surface area contributed by atoms with Crippen molar-refractivity contribution in [1.82, 2.24) is 10.2 Å². The Hall–Kier alpha value is -0.690. The second kappa shape index (κ2) is 8.47. The van der Waals surface area contributed by atoms with Crippen LogP contribution < -0.4 is 11.1 Å². The lowest BCUT2D eigenvalue weighted by molar-refractivity contribution is -0.120. The molecule has 6 heteroatoms. The van der Waals surface area contributed by atoms with E-state index in [4.69, 9.17) is 15.2 Å². The van der Waals surface area contributed by atoms with Crippen molar-refractivity contribution < 1.29 is 14.3 Å². The van der Waals surface area contributed by atoms with Crippen molar-refractivity contribution in [3.05, 3.63) is 0 Å². The summed E-state index contributed by atoms with van der Waals surface area (Å²) >= 11 is 0. The highest BCUT2D eigenvalue weighted by Crippen LogP contribution is 2.16. The molecule has 0 aromatic rings. The van der Waals surface area contributed by atoms with Crippen LogP contribution in [0.3, 0.4) is 0 Å². The van der Waals surface area contributed by atoms with Gasteiger partial charge in [0.05, 0.1) is 18.2 Å². The Kier molecular flexibility index (Phi) is 7.30. The van der Waals surface area contributed by atoms with Crippen LogP contribution in [-0.4, -0.2) is 69.5 Å². The summed E-state index contributed by atoms with van der Waals surface area (Å²) in [5.74, 6) is -0.278. The number of rotatable bonds is 9. The average molecular weight is 273 g/mol. The van der Waals surface area contributed by atoms with E-state index in [1.54, 1.807) is 14.2 Å². The second-order valence-electron chi connectivity index (χ2n) is 5.01.